The average molecular weight is 357 g/mol. The third-order valence-corrected chi connectivity index (χ3v) is 3.66. The largest absolute Gasteiger partial charge is 0.378 e. The topological polar surface area (TPSA) is 118 Å². The molecule has 1 saturated heterocycles. The van der Waals surface area contributed by atoms with E-state index < -0.39 is 4.92 Å². The highest BCUT2D eigenvalue weighted by molar-refractivity contribution is 5.57. The predicted octanol–water partition coefficient (Wildman–Crippen LogP) is 1.96. The van der Waals surface area contributed by atoms with Crippen LogP contribution in [0.4, 0.5) is 29.2 Å². The first-order valence-corrected chi connectivity index (χ1v) is 8.11. The summed E-state index contributed by atoms with van der Waals surface area (Å²) in [6, 6.07) is 6.05. The molecule has 1 aromatic carbocycles. The number of hydrogen-bond donors (Lipinski definition) is 2. The van der Waals surface area contributed by atoms with Crippen LogP contribution >= 0.6 is 0 Å². The lowest BCUT2D eigenvalue weighted by Crippen LogP contribution is -2.37. The van der Waals surface area contributed by atoms with Crippen molar-refractivity contribution in [3.05, 3.63) is 47.0 Å². The van der Waals surface area contributed by atoms with Crippen LogP contribution in [-0.2, 0) is 4.74 Å². The van der Waals surface area contributed by atoms with E-state index >= 15 is 0 Å². The van der Waals surface area contributed by atoms with Crippen LogP contribution in [0, 0.1) is 10.1 Å². The highest BCUT2D eigenvalue weighted by Gasteiger charge is 2.16. The number of nitrogens with zero attached hydrogens (tertiary/aromatic N) is 5. The SMILES string of the molecule is C=CCNc1nc(Nc2ccc([N+](=O)[O-])cc2)nc(N2CCOCC2)n1. The van der Waals surface area contributed by atoms with Gasteiger partial charge in [-0.3, -0.25) is 10.1 Å². The Morgan fingerprint density at radius 3 is 2.54 bits per heavy atom. The van der Waals surface area contributed by atoms with Crippen molar-refractivity contribution < 1.29 is 9.66 Å². The molecule has 26 heavy (non-hydrogen) atoms. The summed E-state index contributed by atoms with van der Waals surface area (Å²) in [5.74, 6) is 1.31. The van der Waals surface area contributed by atoms with Crippen LogP contribution in [0.5, 0.6) is 0 Å². The molecule has 1 aliphatic heterocycles. The molecule has 10 nitrogen and oxygen atoms in total. The maximum absolute atomic E-state index is 10.8. The fourth-order valence-electron chi connectivity index (χ4n) is 2.36. The van der Waals surface area contributed by atoms with Crippen molar-refractivity contribution >= 4 is 29.2 Å². The molecule has 2 heterocycles. The number of nitro benzene ring substituents is 1. The Labute approximate surface area is 150 Å². The molecule has 3 rings (SSSR count). The number of nitrogens with one attached hydrogen (secondary N) is 2. The van der Waals surface area contributed by atoms with Gasteiger partial charge in [0.25, 0.3) is 5.69 Å². The van der Waals surface area contributed by atoms with Gasteiger partial charge in [-0.1, -0.05) is 6.08 Å². The molecule has 2 N–H and O–H groups in total. The van der Waals surface area contributed by atoms with Gasteiger partial charge in [0.15, 0.2) is 0 Å². The Hall–Kier alpha value is -3.27. The second kappa shape index (κ2) is 8.21. The third kappa shape index (κ3) is 4.42. The molecule has 0 amide bonds. The zero-order valence-corrected chi connectivity index (χ0v) is 14.1. The number of anilines is 4. The molecule has 10 heteroatoms. The molecule has 136 valence electrons. The highest BCUT2D eigenvalue weighted by atomic mass is 16.6. The summed E-state index contributed by atoms with van der Waals surface area (Å²) >= 11 is 0. The molecular formula is C16H19N7O3. The van der Waals surface area contributed by atoms with Gasteiger partial charge >= 0.3 is 0 Å². The number of non-ortho nitro benzene ring substituents is 1. The van der Waals surface area contributed by atoms with Crippen molar-refractivity contribution in [2.24, 2.45) is 0 Å². The Bertz CT molecular complexity index is 776. The standard InChI is InChI=1S/C16H19N7O3/c1-2-7-17-14-19-15(18-12-3-5-13(6-4-12)23(24)25)21-16(20-14)22-8-10-26-11-9-22/h2-6H,1,7-11H2,(H2,17,18,19,20,21). The molecule has 0 radical (unpaired) electrons. The number of morpholine rings is 1. The summed E-state index contributed by atoms with van der Waals surface area (Å²) in [4.78, 5) is 25.6. The van der Waals surface area contributed by atoms with Gasteiger partial charge in [-0.05, 0) is 12.1 Å². The van der Waals surface area contributed by atoms with Crippen LogP contribution in [0.25, 0.3) is 0 Å². The predicted molar refractivity (Wildman–Crippen MR) is 97.9 cm³/mol. The maximum Gasteiger partial charge on any atom is 0.269 e. The Kier molecular flexibility index (Phi) is 5.54. The molecule has 0 bridgehead atoms. The maximum atomic E-state index is 10.8. The van der Waals surface area contributed by atoms with Gasteiger partial charge < -0.3 is 20.3 Å². The van der Waals surface area contributed by atoms with E-state index in [1.807, 2.05) is 4.90 Å². The van der Waals surface area contributed by atoms with E-state index in [0.717, 1.165) is 0 Å². The van der Waals surface area contributed by atoms with Crippen molar-refractivity contribution in [1.82, 2.24) is 15.0 Å². The van der Waals surface area contributed by atoms with Crippen LogP contribution in [0.15, 0.2) is 36.9 Å². The number of ether oxygens (including phenoxy) is 1. The molecule has 0 spiro atoms. The average Bonchev–Trinajstić information content (AvgIpc) is 2.67. The zero-order valence-electron chi connectivity index (χ0n) is 14.1. The van der Waals surface area contributed by atoms with Crippen LogP contribution in [-0.4, -0.2) is 52.7 Å². The minimum atomic E-state index is -0.444. The van der Waals surface area contributed by atoms with E-state index in [0.29, 0.717) is 56.4 Å². The summed E-state index contributed by atoms with van der Waals surface area (Å²) in [7, 11) is 0. The van der Waals surface area contributed by atoms with Crippen molar-refractivity contribution in [3.63, 3.8) is 0 Å². The normalized spacial score (nSPS) is 13.9. The van der Waals surface area contributed by atoms with Crippen LogP contribution < -0.4 is 15.5 Å². The van der Waals surface area contributed by atoms with Gasteiger partial charge in [-0.25, -0.2) is 0 Å². The van der Waals surface area contributed by atoms with Gasteiger partial charge in [0.2, 0.25) is 17.8 Å². The quantitative estimate of drug-likeness (QED) is 0.435. The van der Waals surface area contributed by atoms with E-state index in [1.165, 1.54) is 12.1 Å². The summed E-state index contributed by atoms with van der Waals surface area (Å²) in [6.07, 6.45) is 1.71. The lowest BCUT2D eigenvalue weighted by atomic mass is 10.3. The first-order valence-electron chi connectivity index (χ1n) is 8.11. The van der Waals surface area contributed by atoms with E-state index in [2.05, 4.69) is 32.2 Å². The van der Waals surface area contributed by atoms with Gasteiger partial charge in [0, 0.05) is 37.5 Å². The molecule has 0 aliphatic carbocycles. The molecule has 0 saturated carbocycles. The number of rotatable bonds is 7. The Balaban J connectivity index is 1.83. The Morgan fingerprint density at radius 1 is 1.19 bits per heavy atom. The molecular weight excluding hydrogens is 338 g/mol. The van der Waals surface area contributed by atoms with Crippen molar-refractivity contribution in [2.45, 2.75) is 0 Å². The number of aromatic nitrogens is 3. The molecule has 0 atom stereocenters. The van der Waals surface area contributed by atoms with Gasteiger partial charge in [0.05, 0.1) is 18.1 Å². The van der Waals surface area contributed by atoms with E-state index in [-0.39, 0.29) is 5.69 Å². The minimum absolute atomic E-state index is 0.0218. The molecule has 2 aromatic rings. The van der Waals surface area contributed by atoms with E-state index in [1.54, 1.807) is 18.2 Å². The van der Waals surface area contributed by atoms with Gasteiger partial charge in [0.1, 0.15) is 0 Å². The summed E-state index contributed by atoms with van der Waals surface area (Å²) in [5, 5.41) is 16.9. The van der Waals surface area contributed by atoms with Gasteiger partial charge in [-0.15, -0.1) is 6.58 Å². The van der Waals surface area contributed by atoms with E-state index in [4.69, 9.17) is 4.74 Å². The van der Waals surface area contributed by atoms with E-state index in [9.17, 15) is 10.1 Å². The fourth-order valence-corrected chi connectivity index (χ4v) is 2.36. The summed E-state index contributed by atoms with van der Waals surface area (Å²) in [5.41, 5.74) is 0.665. The number of hydrogen-bond acceptors (Lipinski definition) is 9. The lowest BCUT2D eigenvalue weighted by molar-refractivity contribution is -0.384. The number of benzene rings is 1. The lowest BCUT2D eigenvalue weighted by Gasteiger charge is -2.27. The third-order valence-electron chi connectivity index (χ3n) is 3.66. The summed E-state index contributed by atoms with van der Waals surface area (Å²) < 4.78 is 5.36. The van der Waals surface area contributed by atoms with Crippen molar-refractivity contribution in [1.29, 1.82) is 0 Å². The molecule has 1 aliphatic rings. The second-order valence-electron chi connectivity index (χ2n) is 5.48. The minimum Gasteiger partial charge on any atom is -0.378 e. The number of nitro groups is 1. The van der Waals surface area contributed by atoms with Crippen molar-refractivity contribution in [2.75, 3.05) is 48.4 Å². The van der Waals surface area contributed by atoms with Crippen LogP contribution in [0.2, 0.25) is 0 Å². The van der Waals surface area contributed by atoms with Gasteiger partial charge in [-0.2, -0.15) is 15.0 Å². The molecule has 1 aromatic heterocycles. The second-order valence-corrected chi connectivity index (χ2v) is 5.48. The molecule has 1 fully saturated rings. The summed E-state index contributed by atoms with van der Waals surface area (Å²) in [6.45, 7) is 6.81. The monoisotopic (exact) mass is 357 g/mol. The smallest absolute Gasteiger partial charge is 0.269 e. The first-order chi connectivity index (χ1) is 12.7. The highest BCUT2D eigenvalue weighted by Crippen LogP contribution is 2.20. The first kappa shape index (κ1) is 17.5. The Morgan fingerprint density at radius 2 is 1.88 bits per heavy atom. The van der Waals surface area contributed by atoms with Crippen LogP contribution in [0.1, 0.15) is 0 Å². The van der Waals surface area contributed by atoms with Crippen molar-refractivity contribution in [3.8, 4) is 0 Å². The van der Waals surface area contributed by atoms with Crippen LogP contribution in [0.3, 0.4) is 0 Å². The zero-order chi connectivity index (χ0) is 18.4. The molecule has 0 unspecified atom stereocenters. The fraction of sp³-hybridized carbons (Fsp3) is 0.312.